The molecule has 0 aromatic heterocycles. The molecule has 0 spiro atoms. The minimum Gasteiger partial charge on any atom is -0.327 e. The zero-order valence-corrected chi connectivity index (χ0v) is 16.4. The maximum absolute atomic E-state index is 13.3. The number of urea groups is 1. The molecule has 4 rings (SSSR count). The predicted octanol–water partition coefficient (Wildman–Crippen LogP) is 5.13. The van der Waals surface area contributed by atoms with Gasteiger partial charge in [0.15, 0.2) is 0 Å². The van der Waals surface area contributed by atoms with Gasteiger partial charge in [0.05, 0.1) is 22.9 Å². The van der Waals surface area contributed by atoms with Crippen molar-refractivity contribution in [2.75, 3.05) is 5.32 Å². The number of nitrogens with one attached hydrogen (secondary N) is 3. The van der Waals surface area contributed by atoms with Crippen LogP contribution in [0.5, 0.6) is 0 Å². The van der Waals surface area contributed by atoms with Crippen molar-refractivity contribution in [1.29, 1.82) is 0 Å². The van der Waals surface area contributed by atoms with E-state index in [4.69, 9.17) is 0 Å². The average Bonchev–Trinajstić information content (AvgIpc) is 2.72. The summed E-state index contributed by atoms with van der Waals surface area (Å²) in [7, 11) is 0. The minimum atomic E-state index is -4.62. The van der Waals surface area contributed by atoms with Crippen LogP contribution in [-0.2, 0) is 11.0 Å². The third-order valence-corrected chi connectivity index (χ3v) is 5.10. The number of hydrogen-bond donors (Lipinski definition) is 3. The molecule has 1 aliphatic rings. The van der Waals surface area contributed by atoms with Crippen LogP contribution in [0.1, 0.15) is 24.1 Å². The first-order valence-electron chi connectivity index (χ1n) is 9.48. The van der Waals surface area contributed by atoms with Gasteiger partial charge in [0.1, 0.15) is 0 Å². The zero-order valence-electron chi connectivity index (χ0n) is 16.4. The Kier molecular flexibility index (Phi) is 5.14. The molecule has 0 fully saturated rings. The number of fused-ring (bicyclic) bond motifs is 1. The van der Waals surface area contributed by atoms with Crippen molar-refractivity contribution in [2.45, 2.75) is 19.1 Å². The van der Waals surface area contributed by atoms with E-state index in [9.17, 15) is 22.8 Å². The number of carbonyl (C=O) groups excluding carboxylic acids is 2. The van der Waals surface area contributed by atoms with Crippen molar-refractivity contribution in [3.63, 3.8) is 0 Å². The predicted molar refractivity (Wildman–Crippen MR) is 111 cm³/mol. The summed E-state index contributed by atoms with van der Waals surface area (Å²) < 4.78 is 40.0. The lowest BCUT2D eigenvalue weighted by Crippen LogP contribution is -2.46. The Morgan fingerprint density at radius 3 is 2.39 bits per heavy atom. The molecule has 0 saturated heterocycles. The SMILES string of the molecule is CC1=C(C(=O)Nc2ccccc2C(F)(F)F)[C@@H](c2ccc3ccccc3c2)NC(=O)N1. The van der Waals surface area contributed by atoms with Crippen LogP contribution in [0, 0.1) is 0 Å². The normalized spacial score (nSPS) is 16.6. The summed E-state index contributed by atoms with van der Waals surface area (Å²) in [5.74, 6) is -0.736. The summed E-state index contributed by atoms with van der Waals surface area (Å²) in [6.45, 7) is 1.54. The Bertz CT molecular complexity index is 1220. The molecule has 0 aliphatic carbocycles. The average molecular weight is 425 g/mol. The molecule has 5 nitrogen and oxygen atoms in total. The van der Waals surface area contributed by atoms with Crippen LogP contribution in [0.2, 0.25) is 0 Å². The van der Waals surface area contributed by atoms with E-state index >= 15 is 0 Å². The summed E-state index contributed by atoms with van der Waals surface area (Å²) in [5.41, 5.74) is -0.260. The number of hydrogen-bond acceptors (Lipinski definition) is 2. The standard InChI is InChI=1S/C23H18F3N3O2/c1-13-19(21(30)28-18-9-5-4-8-17(18)23(24,25)26)20(29-22(31)27-13)16-11-10-14-6-2-3-7-15(14)12-16/h2-12,20H,1H3,(H,28,30)(H2,27,29,31)/t20-/m1/s1. The molecule has 3 aromatic carbocycles. The fourth-order valence-electron chi connectivity index (χ4n) is 3.66. The highest BCUT2D eigenvalue weighted by Crippen LogP contribution is 2.36. The maximum atomic E-state index is 13.3. The van der Waals surface area contributed by atoms with Crippen LogP contribution in [0.4, 0.5) is 23.7 Å². The largest absolute Gasteiger partial charge is 0.418 e. The number of alkyl halides is 3. The van der Waals surface area contributed by atoms with Crippen molar-refractivity contribution in [1.82, 2.24) is 10.6 Å². The summed E-state index contributed by atoms with van der Waals surface area (Å²) in [4.78, 5) is 25.2. The van der Waals surface area contributed by atoms with Gasteiger partial charge < -0.3 is 16.0 Å². The van der Waals surface area contributed by atoms with E-state index in [1.807, 2.05) is 36.4 Å². The Morgan fingerprint density at radius 2 is 1.65 bits per heavy atom. The van der Waals surface area contributed by atoms with Crippen LogP contribution in [0.3, 0.4) is 0 Å². The molecule has 3 aromatic rings. The van der Waals surface area contributed by atoms with Gasteiger partial charge in [-0.1, -0.05) is 48.5 Å². The summed E-state index contributed by atoms with van der Waals surface area (Å²) in [6.07, 6.45) is -4.62. The van der Waals surface area contributed by atoms with Gasteiger partial charge in [0, 0.05) is 5.70 Å². The van der Waals surface area contributed by atoms with Crippen molar-refractivity contribution in [3.8, 4) is 0 Å². The number of rotatable bonds is 3. The molecule has 0 unspecified atom stereocenters. The van der Waals surface area contributed by atoms with E-state index in [1.165, 1.54) is 25.1 Å². The number of allylic oxidation sites excluding steroid dienone is 1. The number of benzene rings is 3. The lowest BCUT2D eigenvalue weighted by molar-refractivity contribution is -0.137. The Hall–Kier alpha value is -3.81. The number of anilines is 1. The van der Waals surface area contributed by atoms with E-state index in [1.54, 1.807) is 6.07 Å². The highest BCUT2D eigenvalue weighted by Gasteiger charge is 2.35. The first-order chi connectivity index (χ1) is 14.7. The lowest BCUT2D eigenvalue weighted by Gasteiger charge is -2.29. The number of amides is 3. The van der Waals surface area contributed by atoms with Gasteiger partial charge in [-0.05, 0) is 41.5 Å². The first kappa shape index (κ1) is 20.5. The molecule has 0 radical (unpaired) electrons. The molecule has 1 heterocycles. The van der Waals surface area contributed by atoms with Crippen LogP contribution < -0.4 is 16.0 Å². The van der Waals surface area contributed by atoms with Crippen LogP contribution in [-0.4, -0.2) is 11.9 Å². The molecular formula is C23H18F3N3O2. The smallest absolute Gasteiger partial charge is 0.327 e. The third kappa shape index (κ3) is 4.09. The molecule has 1 atom stereocenters. The molecule has 0 saturated carbocycles. The summed E-state index contributed by atoms with van der Waals surface area (Å²) in [6, 6.07) is 16.5. The van der Waals surface area contributed by atoms with Gasteiger partial charge >= 0.3 is 12.2 Å². The van der Waals surface area contributed by atoms with Gasteiger partial charge in [0.25, 0.3) is 5.91 Å². The third-order valence-electron chi connectivity index (χ3n) is 5.10. The Balaban J connectivity index is 1.73. The van der Waals surface area contributed by atoms with E-state index in [0.717, 1.165) is 16.8 Å². The second-order valence-corrected chi connectivity index (χ2v) is 7.17. The van der Waals surface area contributed by atoms with Gasteiger partial charge in [0.2, 0.25) is 0 Å². The number of carbonyl (C=O) groups is 2. The van der Waals surface area contributed by atoms with Gasteiger partial charge in [-0.15, -0.1) is 0 Å². The molecule has 3 amide bonds. The number of halogens is 3. The van der Waals surface area contributed by atoms with E-state index < -0.39 is 29.7 Å². The van der Waals surface area contributed by atoms with Crippen molar-refractivity contribution < 1.29 is 22.8 Å². The van der Waals surface area contributed by atoms with Crippen molar-refractivity contribution in [2.24, 2.45) is 0 Å². The van der Waals surface area contributed by atoms with Crippen molar-refractivity contribution in [3.05, 3.63) is 89.1 Å². The second kappa shape index (κ2) is 7.79. The maximum Gasteiger partial charge on any atom is 0.418 e. The van der Waals surface area contributed by atoms with E-state index in [-0.39, 0.29) is 17.0 Å². The van der Waals surface area contributed by atoms with Crippen molar-refractivity contribution >= 4 is 28.4 Å². The number of para-hydroxylation sites is 1. The van der Waals surface area contributed by atoms with E-state index in [2.05, 4.69) is 16.0 Å². The molecule has 3 N–H and O–H groups in total. The first-order valence-corrected chi connectivity index (χ1v) is 9.48. The fraction of sp³-hybridized carbons (Fsp3) is 0.130. The minimum absolute atomic E-state index is 0.131. The van der Waals surface area contributed by atoms with Crippen LogP contribution >= 0.6 is 0 Å². The van der Waals surface area contributed by atoms with Gasteiger partial charge in [-0.3, -0.25) is 4.79 Å². The fourth-order valence-corrected chi connectivity index (χ4v) is 3.66. The molecule has 1 aliphatic heterocycles. The van der Waals surface area contributed by atoms with Crippen LogP contribution in [0.15, 0.2) is 78.0 Å². The van der Waals surface area contributed by atoms with E-state index in [0.29, 0.717) is 5.56 Å². The molecule has 158 valence electrons. The Morgan fingerprint density at radius 1 is 0.968 bits per heavy atom. The zero-order chi connectivity index (χ0) is 22.2. The van der Waals surface area contributed by atoms with Gasteiger partial charge in [-0.25, -0.2) is 4.79 Å². The Labute approximate surface area is 175 Å². The molecular weight excluding hydrogens is 407 g/mol. The summed E-state index contributed by atoms with van der Waals surface area (Å²) in [5, 5.41) is 9.48. The molecule has 0 bridgehead atoms. The highest BCUT2D eigenvalue weighted by atomic mass is 19.4. The van der Waals surface area contributed by atoms with Gasteiger partial charge in [-0.2, -0.15) is 13.2 Å². The topological polar surface area (TPSA) is 70.2 Å². The van der Waals surface area contributed by atoms with Crippen LogP contribution in [0.25, 0.3) is 10.8 Å². The quantitative estimate of drug-likeness (QED) is 0.545. The summed E-state index contributed by atoms with van der Waals surface area (Å²) >= 11 is 0. The monoisotopic (exact) mass is 425 g/mol. The molecule has 31 heavy (non-hydrogen) atoms. The molecule has 8 heteroatoms. The second-order valence-electron chi connectivity index (χ2n) is 7.17. The highest BCUT2D eigenvalue weighted by molar-refractivity contribution is 6.07. The lowest BCUT2D eigenvalue weighted by atomic mass is 9.93.